The van der Waals surface area contributed by atoms with Gasteiger partial charge in [0, 0.05) is 4.47 Å². The van der Waals surface area contributed by atoms with Crippen molar-refractivity contribution in [3.05, 3.63) is 50.9 Å². The summed E-state index contributed by atoms with van der Waals surface area (Å²) in [5, 5.41) is 0. The lowest BCUT2D eigenvalue weighted by Gasteiger charge is -2.15. The first kappa shape index (κ1) is 17.4. The van der Waals surface area contributed by atoms with Crippen LogP contribution in [0, 0.1) is 5.82 Å². The minimum atomic E-state index is -0.457. The van der Waals surface area contributed by atoms with Crippen LogP contribution in [0.25, 0.3) is 0 Å². The zero-order chi connectivity index (χ0) is 15.0. The predicted molar refractivity (Wildman–Crippen MR) is 99.1 cm³/mol. The monoisotopic (exact) mass is 656 g/mol. The largest absolute Gasteiger partial charge is 0.452 e. The van der Waals surface area contributed by atoms with E-state index in [0.717, 1.165) is 13.4 Å². The van der Waals surface area contributed by atoms with Crippen LogP contribution >= 0.6 is 95.6 Å². The standard InChI is InChI=1S/C12H3Br6FO/c13-4-2-1-3-5(11(4)19)20-12-9(17)7(15)6(14)8(16)10(12)18/h1-3H. The molecule has 0 saturated heterocycles. The third kappa shape index (κ3) is 3.35. The van der Waals surface area contributed by atoms with Crippen LogP contribution < -0.4 is 4.74 Å². The van der Waals surface area contributed by atoms with Gasteiger partial charge in [-0.25, -0.2) is 4.39 Å². The molecule has 8 heteroatoms. The zero-order valence-corrected chi connectivity index (χ0v) is 18.8. The van der Waals surface area contributed by atoms with Crippen LogP contribution in [0.5, 0.6) is 11.5 Å². The van der Waals surface area contributed by atoms with Crippen molar-refractivity contribution >= 4 is 95.6 Å². The molecule has 2 aromatic rings. The van der Waals surface area contributed by atoms with E-state index in [1.165, 1.54) is 0 Å². The van der Waals surface area contributed by atoms with Gasteiger partial charge >= 0.3 is 0 Å². The first-order chi connectivity index (χ1) is 9.34. The second-order valence-corrected chi connectivity index (χ2v) is 8.37. The van der Waals surface area contributed by atoms with Crippen LogP contribution in [0.1, 0.15) is 0 Å². The molecular weight excluding hydrogens is 659 g/mol. The molecule has 0 aliphatic rings. The van der Waals surface area contributed by atoms with E-state index < -0.39 is 5.82 Å². The first-order valence-electron chi connectivity index (χ1n) is 4.98. The van der Waals surface area contributed by atoms with Crippen molar-refractivity contribution in [2.45, 2.75) is 0 Å². The number of hydrogen-bond donors (Lipinski definition) is 0. The summed E-state index contributed by atoms with van der Waals surface area (Å²) in [6.45, 7) is 0. The molecule has 0 aliphatic carbocycles. The van der Waals surface area contributed by atoms with Crippen molar-refractivity contribution in [1.29, 1.82) is 0 Å². The van der Waals surface area contributed by atoms with E-state index >= 15 is 0 Å². The fourth-order valence-corrected chi connectivity index (χ4v) is 4.87. The fourth-order valence-electron chi connectivity index (χ4n) is 1.35. The molecule has 0 spiro atoms. The van der Waals surface area contributed by atoms with Crippen molar-refractivity contribution in [3.63, 3.8) is 0 Å². The summed E-state index contributed by atoms with van der Waals surface area (Å²) in [7, 11) is 0. The summed E-state index contributed by atoms with van der Waals surface area (Å²) in [5.41, 5.74) is 0. The molecule has 0 heterocycles. The highest BCUT2D eigenvalue weighted by Gasteiger charge is 2.20. The van der Waals surface area contributed by atoms with Gasteiger partial charge in [-0.3, -0.25) is 0 Å². The Morgan fingerprint density at radius 3 is 1.80 bits per heavy atom. The second-order valence-electron chi connectivity index (χ2n) is 3.55. The quantitative estimate of drug-likeness (QED) is 0.233. The van der Waals surface area contributed by atoms with Crippen LogP contribution in [-0.4, -0.2) is 0 Å². The van der Waals surface area contributed by atoms with Gasteiger partial charge in [-0.1, -0.05) is 6.07 Å². The molecule has 1 nitrogen and oxygen atoms in total. The molecular formula is C12H3Br6FO. The number of benzene rings is 2. The van der Waals surface area contributed by atoms with Gasteiger partial charge in [-0.05, 0) is 108 Å². The summed E-state index contributed by atoms with van der Waals surface area (Å²) in [4.78, 5) is 0. The molecule has 106 valence electrons. The molecule has 0 aliphatic heterocycles. The van der Waals surface area contributed by atoms with E-state index in [4.69, 9.17) is 4.74 Å². The summed E-state index contributed by atoms with van der Waals surface area (Å²) >= 11 is 20.3. The van der Waals surface area contributed by atoms with Crippen LogP contribution in [0.3, 0.4) is 0 Å². The third-order valence-electron chi connectivity index (χ3n) is 2.30. The van der Waals surface area contributed by atoms with Gasteiger partial charge in [0.05, 0.1) is 22.4 Å². The maximum absolute atomic E-state index is 14.0. The Morgan fingerprint density at radius 2 is 1.25 bits per heavy atom. The summed E-state index contributed by atoms with van der Waals surface area (Å²) in [5.74, 6) is 0.132. The first-order valence-corrected chi connectivity index (χ1v) is 9.73. The molecule has 20 heavy (non-hydrogen) atoms. The van der Waals surface area contributed by atoms with Gasteiger partial charge in [0.15, 0.2) is 17.3 Å². The Morgan fingerprint density at radius 1 is 0.750 bits per heavy atom. The Hall–Kier alpha value is 1.05. The topological polar surface area (TPSA) is 9.23 Å². The van der Waals surface area contributed by atoms with Crippen LogP contribution in [0.2, 0.25) is 0 Å². The van der Waals surface area contributed by atoms with E-state index in [2.05, 4.69) is 95.6 Å². The lowest BCUT2D eigenvalue weighted by atomic mass is 10.3. The Bertz CT molecular complexity index is 659. The molecule has 0 atom stereocenters. The minimum absolute atomic E-state index is 0.127. The zero-order valence-electron chi connectivity index (χ0n) is 9.29. The summed E-state index contributed by atoms with van der Waals surface area (Å²) in [6, 6.07) is 4.87. The molecule has 0 radical (unpaired) electrons. The van der Waals surface area contributed by atoms with Gasteiger partial charge < -0.3 is 4.74 Å². The van der Waals surface area contributed by atoms with Crippen LogP contribution in [0.15, 0.2) is 45.0 Å². The number of ether oxygens (including phenoxy) is 1. The molecule has 0 saturated carbocycles. The lowest BCUT2D eigenvalue weighted by Crippen LogP contribution is -1.93. The van der Waals surface area contributed by atoms with Crippen molar-refractivity contribution in [2.75, 3.05) is 0 Å². The van der Waals surface area contributed by atoms with E-state index in [0.29, 0.717) is 19.2 Å². The number of halogens is 7. The molecule has 0 N–H and O–H groups in total. The van der Waals surface area contributed by atoms with Gasteiger partial charge in [0.25, 0.3) is 0 Å². The molecule has 2 rings (SSSR count). The van der Waals surface area contributed by atoms with Gasteiger partial charge in [0.1, 0.15) is 0 Å². The summed E-state index contributed by atoms with van der Waals surface area (Å²) < 4.78 is 23.7. The average molecular weight is 662 g/mol. The number of rotatable bonds is 2. The lowest BCUT2D eigenvalue weighted by molar-refractivity contribution is 0.435. The molecule has 0 aromatic heterocycles. The van der Waals surface area contributed by atoms with E-state index in [1.54, 1.807) is 18.2 Å². The highest BCUT2D eigenvalue weighted by molar-refractivity contribution is 9.15. The third-order valence-corrected chi connectivity index (χ3v) is 8.93. The van der Waals surface area contributed by atoms with E-state index in [9.17, 15) is 4.39 Å². The van der Waals surface area contributed by atoms with Gasteiger partial charge in [-0.15, -0.1) is 0 Å². The van der Waals surface area contributed by atoms with Crippen molar-refractivity contribution in [2.24, 2.45) is 0 Å². The van der Waals surface area contributed by atoms with Crippen LogP contribution in [-0.2, 0) is 0 Å². The second kappa shape index (κ2) is 7.08. The van der Waals surface area contributed by atoms with Crippen molar-refractivity contribution in [3.8, 4) is 11.5 Å². The van der Waals surface area contributed by atoms with E-state index in [1.807, 2.05) is 0 Å². The fraction of sp³-hybridized carbons (Fsp3) is 0. The Balaban J connectivity index is 2.57. The SMILES string of the molecule is Fc1c(Br)cccc1Oc1c(Br)c(Br)c(Br)c(Br)c1Br. The molecule has 2 aromatic carbocycles. The maximum atomic E-state index is 14.0. The number of hydrogen-bond acceptors (Lipinski definition) is 1. The van der Waals surface area contributed by atoms with E-state index in [-0.39, 0.29) is 5.75 Å². The van der Waals surface area contributed by atoms with Gasteiger partial charge in [0.2, 0.25) is 0 Å². The van der Waals surface area contributed by atoms with Crippen molar-refractivity contribution < 1.29 is 9.13 Å². The maximum Gasteiger partial charge on any atom is 0.179 e. The van der Waals surface area contributed by atoms with Gasteiger partial charge in [-0.2, -0.15) is 0 Å². The Kier molecular flexibility index (Phi) is 6.16. The smallest absolute Gasteiger partial charge is 0.179 e. The molecule has 0 amide bonds. The minimum Gasteiger partial charge on any atom is -0.452 e. The highest BCUT2D eigenvalue weighted by Crippen LogP contribution is 2.50. The summed E-state index contributed by atoms with van der Waals surface area (Å²) in [6.07, 6.45) is 0. The molecule has 0 bridgehead atoms. The van der Waals surface area contributed by atoms with Crippen LogP contribution in [0.4, 0.5) is 4.39 Å². The highest BCUT2D eigenvalue weighted by atomic mass is 79.9. The Labute approximate surface area is 165 Å². The molecule has 0 fully saturated rings. The average Bonchev–Trinajstić information content (AvgIpc) is 2.43. The molecule has 0 unspecified atom stereocenters. The predicted octanol–water partition coefficient (Wildman–Crippen LogP) is 8.19. The normalized spacial score (nSPS) is 10.8. The van der Waals surface area contributed by atoms with Crippen molar-refractivity contribution in [1.82, 2.24) is 0 Å².